The van der Waals surface area contributed by atoms with E-state index >= 15 is 0 Å². The second kappa shape index (κ2) is 17.4. The molecule has 3 aromatic rings. The smallest absolute Gasteiger partial charge is 0.407 e. The van der Waals surface area contributed by atoms with E-state index in [1.54, 1.807) is 33.2 Å². The third-order valence-corrected chi connectivity index (χ3v) is 9.08. The number of fused-ring (bicyclic) bond motifs is 1. The lowest BCUT2D eigenvalue weighted by Gasteiger charge is -2.34. The molecule has 6 atom stereocenters. The van der Waals surface area contributed by atoms with E-state index in [9.17, 15) is 32.7 Å². The van der Waals surface area contributed by atoms with Crippen LogP contribution in [-0.2, 0) is 36.7 Å². The number of hydrazine groups is 1. The fraction of sp³-hybridized carbons (Fsp3) is 0.459. The van der Waals surface area contributed by atoms with E-state index in [1.807, 2.05) is 36.4 Å². The zero-order valence-corrected chi connectivity index (χ0v) is 29.8. The predicted octanol–water partition coefficient (Wildman–Crippen LogP) is 4.23. The van der Waals surface area contributed by atoms with Crippen LogP contribution in [0.25, 0.3) is 11.1 Å². The van der Waals surface area contributed by atoms with Gasteiger partial charge in [0.1, 0.15) is 12.1 Å². The van der Waals surface area contributed by atoms with Crippen molar-refractivity contribution in [3.63, 3.8) is 0 Å². The van der Waals surface area contributed by atoms with Crippen molar-refractivity contribution in [3.05, 3.63) is 89.5 Å². The molecule has 2 saturated heterocycles. The number of halogens is 3. The van der Waals surface area contributed by atoms with E-state index in [4.69, 9.17) is 14.2 Å². The Morgan fingerprint density at radius 2 is 1.72 bits per heavy atom. The van der Waals surface area contributed by atoms with Crippen LogP contribution in [0.15, 0.2) is 60.9 Å². The van der Waals surface area contributed by atoms with E-state index in [-0.39, 0.29) is 24.5 Å². The highest BCUT2D eigenvalue weighted by Crippen LogP contribution is 2.33. The molecular formula is C37H44F3N5O8. The maximum absolute atomic E-state index is 14.3. The number of carbonyl (C=O) groups excluding carboxylic acids is 3. The van der Waals surface area contributed by atoms with Crippen molar-refractivity contribution >= 4 is 18.1 Å². The van der Waals surface area contributed by atoms with Crippen molar-refractivity contribution in [2.75, 3.05) is 26.9 Å². The molecule has 53 heavy (non-hydrogen) atoms. The molecule has 13 nitrogen and oxygen atoms in total. The number of amides is 3. The molecule has 3 amide bonds. The van der Waals surface area contributed by atoms with Crippen LogP contribution in [0.4, 0.5) is 22.8 Å². The fourth-order valence-electron chi connectivity index (χ4n) is 6.27. The first-order valence-corrected chi connectivity index (χ1v) is 17.1. The molecule has 0 bridgehead atoms. The lowest BCUT2D eigenvalue weighted by molar-refractivity contribution is -0.131. The molecule has 2 aliphatic heterocycles. The molecule has 0 aliphatic carbocycles. The van der Waals surface area contributed by atoms with Gasteiger partial charge in [0.15, 0.2) is 23.7 Å². The molecule has 4 N–H and O–H groups in total. The van der Waals surface area contributed by atoms with Crippen molar-refractivity contribution in [2.24, 2.45) is 11.3 Å². The SMILES string of the molecule is COC(=O)NC(C(=O)NN(Cc1cc(F)c(F)c(F)c1)CC(O)C(Cc1ccc(-c2cccnc2)cc1)NC(=O)OC1COC2OCCC12)C(C)(C)C. The zero-order chi connectivity index (χ0) is 38.3. The number of hydrogen-bond donors (Lipinski definition) is 4. The van der Waals surface area contributed by atoms with Crippen LogP contribution >= 0.6 is 0 Å². The molecule has 0 saturated carbocycles. The lowest BCUT2D eigenvalue weighted by Crippen LogP contribution is -2.59. The van der Waals surface area contributed by atoms with Crippen LogP contribution in [0.2, 0.25) is 0 Å². The summed E-state index contributed by atoms with van der Waals surface area (Å²) < 4.78 is 63.9. The number of nitrogens with one attached hydrogen (secondary N) is 3. The summed E-state index contributed by atoms with van der Waals surface area (Å²) in [6.07, 6.45) is -0.0529. The topological polar surface area (TPSA) is 161 Å². The number of aliphatic hydroxyl groups excluding tert-OH is 1. The third-order valence-electron chi connectivity index (χ3n) is 9.08. The van der Waals surface area contributed by atoms with Crippen LogP contribution in [-0.4, -0.2) is 90.6 Å². The number of benzene rings is 2. The minimum absolute atomic E-state index is 0.0772. The number of hydrogen-bond acceptors (Lipinski definition) is 10. The lowest BCUT2D eigenvalue weighted by atomic mass is 9.86. The Morgan fingerprint density at radius 3 is 2.36 bits per heavy atom. The van der Waals surface area contributed by atoms with Gasteiger partial charge in [-0.05, 0) is 58.7 Å². The number of rotatable bonds is 13. The Kier molecular flexibility index (Phi) is 12.9. The highest BCUT2D eigenvalue weighted by Gasteiger charge is 2.44. The van der Waals surface area contributed by atoms with Gasteiger partial charge in [-0.15, -0.1) is 0 Å². The highest BCUT2D eigenvalue weighted by atomic mass is 19.2. The van der Waals surface area contributed by atoms with Gasteiger partial charge in [-0.3, -0.25) is 15.2 Å². The molecule has 5 rings (SSSR count). The van der Waals surface area contributed by atoms with Crippen LogP contribution in [0, 0.1) is 28.8 Å². The molecular weight excluding hydrogens is 699 g/mol. The van der Waals surface area contributed by atoms with Gasteiger partial charge in [0.2, 0.25) is 0 Å². The summed E-state index contributed by atoms with van der Waals surface area (Å²) in [6.45, 7) is 4.87. The summed E-state index contributed by atoms with van der Waals surface area (Å²) in [4.78, 5) is 43.3. The van der Waals surface area contributed by atoms with E-state index < -0.39 is 84.6 Å². The van der Waals surface area contributed by atoms with Crippen molar-refractivity contribution in [2.45, 2.75) is 70.7 Å². The highest BCUT2D eigenvalue weighted by molar-refractivity contribution is 5.86. The summed E-state index contributed by atoms with van der Waals surface area (Å²) in [6, 6.07) is 10.4. The van der Waals surface area contributed by atoms with Gasteiger partial charge >= 0.3 is 12.2 Å². The monoisotopic (exact) mass is 743 g/mol. The Labute approximate surface area is 305 Å². The van der Waals surface area contributed by atoms with Gasteiger partial charge < -0.3 is 34.7 Å². The molecule has 1 aromatic heterocycles. The van der Waals surface area contributed by atoms with Gasteiger partial charge in [0.25, 0.3) is 5.91 Å². The van der Waals surface area contributed by atoms with Gasteiger partial charge in [0, 0.05) is 25.5 Å². The molecule has 2 fully saturated rings. The number of carbonyl (C=O) groups is 3. The molecule has 2 aromatic carbocycles. The van der Waals surface area contributed by atoms with Crippen LogP contribution in [0.5, 0.6) is 0 Å². The number of alkyl carbamates (subject to hydrolysis) is 2. The number of aliphatic hydroxyl groups is 1. The first-order chi connectivity index (χ1) is 25.2. The first-order valence-electron chi connectivity index (χ1n) is 17.1. The first kappa shape index (κ1) is 39.4. The second-order valence-corrected chi connectivity index (χ2v) is 14.1. The molecule has 2 aliphatic rings. The fourth-order valence-corrected chi connectivity index (χ4v) is 6.27. The average molecular weight is 744 g/mol. The third kappa shape index (κ3) is 10.4. The Morgan fingerprint density at radius 1 is 1.00 bits per heavy atom. The molecule has 3 heterocycles. The van der Waals surface area contributed by atoms with Crippen molar-refractivity contribution in [1.29, 1.82) is 0 Å². The maximum atomic E-state index is 14.3. The van der Waals surface area contributed by atoms with Crippen molar-refractivity contribution in [3.8, 4) is 11.1 Å². The standard InChI is InChI=1S/C37H44F3N5O8/c1-37(2,3)32(43-35(48)50-4)33(47)44-45(18-22-14-26(38)31(40)27(39)15-22)19-29(46)28(42-36(49)53-30-20-52-34-25(30)11-13-51-34)16-21-7-9-23(10-8-21)24-6-5-12-41-17-24/h5-10,12,14-15,17,25,28-30,32,34,46H,11,13,16,18-20H2,1-4H3,(H,42,49)(H,43,48)(H,44,47). The van der Waals surface area contributed by atoms with Crippen molar-refractivity contribution in [1.82, 2.24) is 26.1 Å². The Hall–Kier alpha value is -4.77. The molecule has 16 heteroatoms. The second-order valence-electron chi connectivity index (χ2n) is 14.1. The van der Waals surface area contributed by atoms with Crippen molar-refractivity contribution < 1.29 is 51.6 Å². The van der Waals surface area contributed by atoms with Crippen LogP contribution in [0.1, 0.15) is 38.3 Å². The summed E-state index contributed by atoms with van der Waals surface area (Å²) in [5.74, 6) is -5.45. The molecule has 6 unspecified atom stereocenters. The molecule has 0 spiro atoms. The number of nitrogens with zero attached hydrogens (tertiary/aromatic N) is 2. The van der Waals surface area contributed by atoms with Crippen LogP contribution < -0.4 is 16.1 Å². The van der Waals surface area contributed by atoms with E-state index in [1.165, 1.54) is 0 Å². The Bertz CT molecular complexity index is 1710. The summed E-state index contributed by atoms with van der Waals surface area (Å²) >= 11 is 0. The quantitative estimate of drug-likeness (QED) is 0.147. The average Bonchev–Trinajstić information content (AvgIpc) is 3.74. The summed E-state index contributed by atoms with van der Waals surface area (Å²) in [5, 5.41) is 18.1. The predicted molar refractivity (Wildman–Crippen MR) is 184 cm³/mol. The number of methoxy groups -OCH3 is 1. The molecule has 286 valence electrons. The van der Waals surface area contributed by atoms with Crippen LogP contribution in [0.3, 0.4) is 0 Å². The number of ether oxygens (including phenoxy) is 4. The maximum Gasteiger partial charge on any atom is 0.407 e. The van der Waals surface area contributed by atoms with E-state index in [0.717, 1.165) is 40.9 Å². The summed E-state index contributed by atoms with van der Waals surface area (Å²) in [7, 11) is 1.14. The Balaban J connectivity index is 1.40. The normalized spacial score (nSPS) is 19.9. The summed E-state index contributed by atoms with van der Waals surface area (Å²) in [5.41, 5.74) is 4.19. The largest absolute Gasteiger partial charge is 0.453 e. The number of aromatic nitrogens is 1. The zero-order valence-electron chi connectivity index (χ0n) is 29.8. The van der Waals surface area contributed by atoms with E-state index in [0.29, 0.717) is 13.0 Å². The van der Waals surface area contributed by atoms with Gasteiger partial charge in [-0.1, -0.05) is 51.1 Å². The van der Waals surface area contributed by atoms with E-state index in [2.05, 4.69) is 25.8 Å². The van der Waals surface area contributed by atoms with Gasteiger partial charge in [-0.25, -0.2) is 27.8 Å². The van der Waals surface area contributed by atoms with Gasteiger partial charge in [0.05, 0.1) is 38.4 Å². The molecule has 0 radical (unpaired) electrons. The minimum Gasteiger partial charge on any atom is -0.453 e. The minimum atomic E-state index is -1.67. The number of pyridine rings is 1. The van der Waals surface area contributed by atoms with Gasteiger partial charge in [-0.2, -0.15) is 0 Å².